The van der Waals surface area contributed by atoms with Crippen LogP contribution in [-0.4, -0.2) is 17.7 Å². The van der Waals surface area contributed by atoms with E-state index in [1.165, 1.54) is 0 Å². The Morgan fingerprint density at radius 2 is 1.71 bits per heavy atom. The quantitative estimate of drug-likeness (QED) is 0.858. The zero-order valence-electron chi connectivity index (χ0n) is 11.8. The highest BCUT2D eigenvalue weighted by Crippen LogP contribution is 2.05. The van der Waals surface area contributed by atoms with E-state index in [0.29, 0.717) is 13.0 Å². The molecule has 0 unspecified atom stereocenters. The van der Waals surface area contributed by atoms with E-state index in [1.807, 2.05) is 54.6 Å². The van der Waals surface area contributed by atoms with Crippen molar-refractivity contribution < 1.29 is 14.6 Å². The van der Waals surface area contributed by atoms with Gasteiger partial charge in [0, 0.05) is 6.54 Å². The van der Waals surface area contributed by atoms with Crippen molar-refractivity contribution in [3.63, 3.8) is 0 Å². The first-order valence-corrected chi connectivity index (χ1v) is 6.91. The Balaban J connectivity index is 1.69. The van der Waals surface area contributed by atoms with Gasteiger partial charge in [0.2, 0.25) is 0 Å². The number of nitrogens with one attached hydrogen (secondary N) is 1. The molecule has 0 spiro atoms. The molecule has 0 saturated heterocycles. The Labute approximate surface area is 124 Å². The van der Waals surface area contributed by atoms with E-state index >= 15 is 0 Å². The molecule has 0 fully saturated rings. The van der Waals surface area contributed by atoms with Crippen LogP contribution in [0.2, 0.25) is 0 Å². The number of hydrogen-bond acceptors (Lipinski definition) is 3. The van der Waals surface area contributed by atoms with E-state index in [9.17, 15) is 4.79 Å². The average Bonchev–Trinajstić information content (AvgIpc) is 2.54. The van der Waals surface area contributed by atoms with Crippen LogP contribution in [0.1, 0.15) is 16.7 Å². The van der Waals surface area contributed by atoms with E-state index in [1.54, 1.807) is 0 Å². The maximum absolute atomic E-state index is 11.6. The lowest BCUT2D eigenvalue weighted by molar-refractivity contribution is 0.140. The standard InChI is InChI=1S/C17H19NO3/c19-12-16-8-4-7-14(11-16)9-10-18-17(20)21-13-15-5-2-1-3-6-15/h1-8,11,19H,9-10,12-13H2,(H,18,20). The summed E-state index contributed by atoms with van der Waals surface area (Å²) in [5.41, 5.74) is 2.91. The molecule has 21 heavy (non-hydrogen) atoms. The summed E-state index contributed by atoms with van der Waals surface area (Å²) >= 11 is 0. The van der Waals surface area contributed by atoms with Crippen LogP contribution in [0.3, 0.4) is 0 Å². The molecule has 0 aliphatic heterocycles. The number of amides is 1. The van der Waals surface area contributed by atoms with Crippen LogP contribution >= 0.6 is 0 Å². The Morgan fingerprint density at radius 3 is 2.48 bits per heavy atom. The third kappa shape index (κ3) is 5.28. The molecule has 0 aliphatic carbocycles. The van der Waals surface area contributed by atoms with E-state index in [0.717, 1.165) is 16.7 Å². The monoisotopic (exact) mass is 285 g/mol. The number of ether oxygens (including phenoxy) is 1. The number of carbonyl (C=O) groups is 1. The fourth-order valence-electron chi connectivity index (χ4n) is 1.97. The Bertz CT molecular complexity index is 569. The molecule has 2 N–H and O–H groups in total. The molecule has 0 heterocycles. The summed E-state index contributed by atoms with van der Waals surface area (Å²) in [6, 6.07) is 17.2. The minimum absolute atomic E-state index is 0.0282. The summed E-state index contributed by atoms with van der Waals surface area (Å²) < 4.78 is 5.12. The second kappa shape index (κ2) is 8.07. The van der Waals surface area contributed by atoms with Crippen LogP contribution in [0.25, 0.3) is 0 Å². The fraction of sp³-hybridized carbons (Fsp3) is 0.235. The third-order valence-electron chi connectivity index (χ3n) is 3.07. The molecule has 0 atom stereocenters. The number of benzene rings is 2. The van der Waals surface area contributed by atoms with E-state index in [4.69, 9.17) is 9.84 Å². The van der Waals surface area contributed by atoms with Gasteiger partial charge in [-0.2, -0.15) is 0 Å². The topological polar surface area (TPSA) is 58.6 Å². The molecule has 0 bridgehead atoms. The molecule has 4 heteroatoms. The lowest BCUT2D eigenvalue weighted by Gasteiger charge is -2.07. The number of rotatable bonds is 6. The molecule has 0 aromatic heterocycles. The first-order chi connectivity index (χ1) is 10.3. The molecule has 2 aromatic rings. The minimum Gasteiger partial charge on any atom is -0.445 e. The number of alkyl carbamates (subject to hydrolysis) is 1. The smallest absolute Gasteiger partial charge is 0.407 e. The summed E-state index contributed by atoms with van der Waals surface area (Å²) in [6.45, 7) is 0.801. The number of carbonyl (C=O) groups excluding carboxylic acids is 1. The maximum atomic E-state index is 11.6. The van der Waals surface area contributed by atoms with Gasteiger partial charge in [0.15, 0.2) is 0 Å². The molecular formula is C17H19NO3. The summed E-state index contributed by atoms with van der Waals surface area (Å²) in [5, 5.41) is 11.8. The molecule has 2 aromatic carbocycles. The highest BCUT2D eigenvalue weighted by molar-refractivity contribution is 5.67. The molecule has 0 aliphatic rings. The first kappa shape index (κ1) is 15.1. The van der Waals surface area contributed by atoms with Crippen molar-refractivity contribution in [1.29, 1.82) is 0 Å². The van der Waals surface area contributed by atoms with E-state index in [-0.39, 0.29) is 13.2 Å². The lowest BCUT2D eigenvalue weighted by Crippen LogP contribution is -2.26. The Hall–Kier alpha value is -2.33. The summed E-state index contributed by atoms with van der Waals surface area (Å²) in [4.78, 5) is 11.6. The molecule has 0 saturated carbocycles. The largest absolute Gasteiger partial charge is 0.445 e. The first-order valence-electron chi connectivity index (χ1n) is 6.91. The van der Waals surface area contributed by atoms with E-state index < -0.39 is 6.09 Å². The zero-order valence-corrected chi connectivity index (χ0v) is 11.8. The second-order valence-electron chi connectivity index (χ2n) is 4.72. The maximum Gasteiger partial charge on any atom is 0.407 e. The summed E-state index contributed by atoms with van der Waals surface area (Å²) in [6.07, 6.45) is 0.283. The predicted octanol–water partition coefficient (Wildman–Crippen LogP) is 2.65. The van der Waals surface area contributed by atoms with Crippen molar-refractivity contribution in [3.05, 3.63) is 71.3 Å². The van der Waals surface area contributed by atoms with Crippen LogP contribution < -0.4 is 5.32 Å². The van der Waals surface area contributed by atoms with Gasteiger partial charge in [-0.15, -0.1) is 0 Å². The normalized spacial score (nSPS) is 10.1. The average molecular weight is 285 g/mol. The highest BCUT2D eigenvalue weighted by Gasteiger charge is 2.02. The third-order valence-corrected chi connectivity index (χ3v) is 3.07. The molecule has 2 rings (SSSR count). The highest BCUT2D eigenvalue weighted by atomic mass is 16.5. The van der Waals surface area contributed by atoms with Gasteiger partial charge in [-0.3, -0.25) is 0 Å². The van der Waals surface area contributed by atoms with Gasteiger partial charge >= 0.3 is 6.09 Å². The number of aliphatic hydroxyl groups excluding tert-OH is 1. The van der Waals surface area contributed by atoms with Gasteiger partial charge in [0.25, 0.3) is 0 Å². The lowest BCUT2D eigenvalue weighted by atomic mass is 10.1. The Morgan fingerprint density at radius 1 is 1.00 bits per heavy atom. The number of hydrogen-bond donors (Lipinski definition) is 2. The fourth-order valence-corrected chi connectivity index (χ4v) is 1.97. The van der Waals surface area contributed by atoms with E-state index in [2.05, 4.69) is 5.32 Å². The van der Waals surface area contributed by atoms with Crippen molar-refractivity contribution in [1.82, 2.24) is 5.32 Å². The van der Waals surface area contributed by atoms with Crippen molar-refractivity contribution in [2.75, 3.05) is 6.54 Å². The molecular weight excluding hydrogens is 266 g/mol. The van der Waals surface area contributed by atoms with Crippen LogP contribution in [0, 0.1) is 0 Å². The second-order valence-corrected chi connectivity index (χ2v) is 4.72. The Kier molecular flexibility index (Phi) is 5.79. The van der Waals surface area contributed by atoms with Gasteiger partial charge in [0.1, 0.15) is 6.61 Å². The van der Waals surface area contributed by atoms with Gasteiger partial charge < -0.3 is 15.2 Å². The molecule has 0 radical (unpaired) electrons. The summed E-state index contributed by atoms with van der Waals surface area (Å²) in [5.74, 6) is 0. The van der Waals surface area contributed by atoms with Gasteiger partial charge in [-0.05, 0) is 23.1 Å². The van der Waals surface area contributed by atoms with Gasteiger partial charge in [0.05, 0.1) is 6.61 Å². The van der Waals surface area contributed by atoms with Gasteiger partial charge in [-0.25, -0.2) is 4.79 Å². The van der Waals surface area contributed by atoms with Crippen LogP contribution in [0.15, 0.2) is 54.6 Å². The molecule has 1 amide bonds. The SMILES string of the molecule is O=C(NCCc1cccc(CO)c1)OCc1ccccc1. The number of aliphatic hydroxyl groups is 1. The minimum atomic E-state index is -0.419. The van der Waals surface area contributed by atoms with Crippen molar-refractivity contribution in [2.24, 2.45) is 0 Å². The molecule has 110 valence electrons. The zero-order chi connectivity index (χ0) is 14.9. The van der Waals surface area contributed by atoms with Crippen molar-refractivity contribution in [2.45, 2.75) is 19.6 Å². The molecule has 4 nitrogen and oxygen atoms in total. The van der Waals surface area contributed by atoms with Crippen molar-refractivity contribution in [3.8, 4) is 0 Å². The van der Waals surface area contributed by atoms with Crippen LogP contribution in [0.4, 0.5) is 4.79 Å². The summed E-state index contributed by atoms with van der Waals surface area (Å²) in [7, 11) is 0. The van der Waals surface area contributed by atoms with Crippen molar-refractivity contribution >= 4 is 6.09 Å². The van der Waals surface area contributed by atoms with Crippen LogP contribution in [-0.2, 0) is 24.4 Å². The van der Waals surface area contributed by atoms with Gasteiger partial charge in [-0.1, -0.05) is 54.6 Å². The van der Waals surface area contributed by atoms with Crippen LogP contribution in [0.5, 0.6) is 0 Å². The predicted molar refractivity (Wildman–Crippen MR) is 80.7 cm³/mol.